The highest BCUT2D eigenvalue weighted by Crippen LogP contribution is 2.30. The number of aromatic carboxylic acids is 1. The first-order chi connectivity index (χ1) is 19.7. The van der Waals surface area contributed by atoms with Gasteiger partial charge in [-0.3, -0.25) is 14.5 Å². The summed E-state index contributed by atoms with van der Waals surface area (Å²) < 4.78 is 27.0. The molecule has 4 N–H and O–H groups in total. The number of aliphatic hydroxyl groups excluding tert-OH is 1. The van der Waals surface area contributed by atoms with E-state index in [-0.39, 0.29) is 60.9 Å². The molecule has 3 aliphatic rings. The molecule has 0 spiro atoms. The lowest BCUT2D eigenvalue weighted by molar-refractivity contribution is -0.118. The molecular weight excluding hydrogens is 545 g/mol. The molecule has 2 amide bonds. The number of hydrogen-bond acceptors (Lipinski definition) is 11. The second-order valence-electron chi connectivity index (χ2n) is 9.74. The van der Waals surface area contributed by atoms with Gasteiger partial charge in [0.05, 0.1) is 18.5 Å². The van der Waals surface area contributed by atoms with Gasteiger partial charge in [-0.05, 0) is 18.2 Å². The second-order valence-corrected chi connectivity index (χ2v) is 9.74. The molecule has 2 saturated heterocycles. The molecule has 3 aromatic rings. The lowest BCUT2D eigenvalue weighted by Crippen LogP contribution is -2.59. The van der Waals surface area contributed by atoms with Gasteiger partial charge in [0.25, 0.3) is 5.91 Å². The number of cyclic esters (lactones) is 1. The van der Waals surface area contributed by atoms with Crippen molar-refractivity contribution in [3.63, 3.8) is 0 Å². The van der Waals surface area contributed by atoms with Crippen molar-refractivity contribution >= 4 is 46.5 Å². The minimum atomic E-state index is -1.46. The van der Waals surface area contributed by atoms with E-state index in [0.717, 1.165) is 12.3 Å². The van der Waals surface area contributed by atoms with Crippen LogP contribution in [0.5, 0.6) is 5.75 Å². The fraction of sp³-hybridized carbons (Fsp3) is 0.360. The number of carboxylic acids is 1. The van der Waals surface area contributed by atoms with Gasteiger partial charge in [-0.1, -0.05) is 0 Å². The molecule has 15 nitrogen and oxygen atoms in total. The third-order valence-electron chi connectivity index (χ3n) is 6.98. The van der Waals surface area contributed by atoms with E-state index in [2.05, 4.69) is 20.6 Å². The Bertz CT molecular complexity index is 1640. The van der Waals surface area contributed by atoms with Crippen LogP contribution in [-0.2, 0) is 16.1 Å². The molecule has 41 heavy (non-hydrogen) atoms. The summed E-state index contributed by atoms with van der Waals surface area (Å²) in [6.45, 7) is 0.843. The fourth-order valence-corrected chi connectivity index (χ4v) is 4.93. The zero-order valence-corrected chi connectivity index (χ0v) is 21.4. The van der Waals surface area contributed by atoms with E-state index >= 15 is 0 Å². The number of fused-ring (bicyclic) bond motifs is 2. The van der Waals surface area contributed by atoms with Crippen molar-refractivity contribution in [1.82, 2.24) is 19.9 Å². The van der Waals surface area contributed by atoms with Crippen LogP contribution in [0.4, 0.5) is 26.6 Å². The molecular formula is C25H24FN7O8. The monoisotopic (exact) mass is 569 g/mol. The van der Waals surface area contributed by atoms with Crippen LogP contribution in [0.1, 0.15) is 10.4 Å². The molecule has 0 saturated carbocycles. The van der Waals surface area contributed by atoms with Gasteiger partial charge in [0.15, 0.2) is 29.8 Å². The van der Waals surface area contributed by atoms with Crippen LogP contribution in [0, 0.1) is 5.82 Å². The van der Waals surface area contributed by atoms with E-state index in [4.69, 9.17) is 9.47 Å². The predicted octanol–water partition coefficient (Wildman–Crippen LogP) is -0.244. The van der Waals surface area contributed by atoms with Gasteiger partial charge in [0.1, 0.15) is 23.1 Å². The average molecular weight is 570 g/mol. The Hall–Kier alpha value is -4.83. The van der Waals surface area contributed by atoms with Crippen molar-refractivity contribution in [2.24, 2.45) is 0 Å². The quantitative estimate of drug-likeness (QED) is 0.279. The summed E-state index contributed by atoms with van der Waals surface area (Å²) in [6, 6.07) is 4.13. The van der Waals surface area contributed by atoms with Crippen molar-refractivity contribution in [3.8, 4) is 5.75 Å². The number of carboxylic acid groups (broad SMARTS) is 1. The molecule has 16 heteroatoms. The molecule has 1 atom stereocenters. The number of hydrogen-bond donors (Lipinski definition) is 4. The lowest BCUT2D eigenvalue weighted by atomic mass is 10.1. The maximum Gasteiger partial charge on any atom is 0.416 e. The van der Waals surface area contributed by atoms with Gasteiger partial charge < -0.3 is 39.8 Å². The Morgan fingerprint density at radius 3 is 2.76 bits per heavy atom. The Morgan fingerprint density at radius 2 is 2.00 bits per heavy atom. The van der Waals surface area contributed by atoms with Crippen LogP contribution in [0.15, 0.2) is 29.2 Å². The van der Waals surface area contributed by atoms with Crippen LogP contribution in [0.2, 0.25) is 0 Å². The normalized spacial score (nSPS) is 18.5. The summed E-state index contributed by atoms with van der Waals surface area (Å²) in [4.78, 5) is 59.7. The molecule has 6 heterocycles. The van der Waals surface area contributed by atoms with Gasteiger partial charge in [-0.15, -0.1) is 0 Å². The maximum atomic E-state index is 15.0. The van der Waals surface area contributed by atoms with Crippen molar-refractivity contribution in [1.29, 1.82) is 0 Å². The number of nitrogens with one attached hydrogen (secondary N) is 2. The van der Waals surface area contributed by atoms with Gasteiger partial charge in [-0.25, -0.2) is 23.9 Å². The first-order valence-corrected chi connectivity index (χ1v) is 12.7. The fourth-order valence-electron chi connectivity index (χ4n) is 4.93. The van der Waals surface area contributed by atoms with Gasteiger partial charge >= 0.3 is 12.1 Å². The summed E-state index contributed by atoms with van der Waals surface area (Å²) in [5.74, 6) is -1.62. The topological polar surface area (TPSA) is 188 Å². The van der Waals surface area contributed by atoms with Crippen LogP contribution >= 0.6 is 0 Å². The second kappa shape index (κ2) is 10.3. The van der Waals surface area contributed by atoms with Crippen molar-refractivity contribution in [2.75, 3.05) is 54.5 Å². The zero-order chi connectivity index (χ0) is 28.8. The molecule has 3 aliphatic heterocycles. The Labute approximate surface area is 230 Å². The number of pyridine rings is 3. The molecule has 0 bridgehead atoms. The van der Waals surface area contributed by atoms with E-state index in [1.54, 1.807) is 17.0 Å². The highest BCUT2D eigenvalue weighted by atomic mass is 19.1. The number of halogens is 1. The lowest BCUT2D eigenvalue weighted by Gasteiger charge is -2.41. The Kier molecular flexibility index (Phi) is 6.63. The van der Waals surface area contributed by atoms with Gasteiger partial charge in [0.2, 0.25) is 5.43 Å². The predicted molar refractivity (Wildman–Crippen MR) is 140 cm³/mol. The number of carbonyl (C=O) groups excluding carboxylic acids is 2. The largest absolute Gasteiger partial charge is 0.480 e. The summed E-state index contributed by atoms with van der Waals surface area (Å²) in [5.41, 5.74) is -1.32. The number of amides is 2. The minimum absolute atomic E-state index is 0.00209. The van der Waals surface area contributed by atoms with Crippen molar-refractivity contribution < 1.29 is 38.5 Å². The number of ether oxygens (including phenoxy) is 2. The summed E-state index contributed by atoms with van der Waals surface area (Å²) in [6.07, 6.45) is 0.0330. The molecule has 214 valence electrons. The van der Waals surface area contributed by atoms with E-state index in [1.807, 2.05) is 0 Å². The number of nitrogens with zero attached hydrogens (tertiary/aromatic N) is 5. The van der Waals surface area contributed by atoms with Gasteiger partial charge in [-0.2, -0.15) is 0 Å². The van der Waals surface area contributed by atoms with E-state index in [0.29, 0.717) is 31.2 Å². The molecule has 0 aliphatic carbocycles. The standard InChI is InChI=1S/C25H24FN7O8/c26-16-5-14-20(36)15(24(37)38)10-31(3-4-34)22(14)30-23(16)32-7-12(8-32)27-6-13-9-33(25(39)41-13)18-2-1-17-21(28-18)29-19(35)11-40-17/h1-2,5,10,12-13,27,34H,3-4,6-9,11H2,(H,37,38)(H,28,29,35). The third kappa shape index (κ3) is 4.87. The van der Waals surface area contributed by atoms with Crippen LogP contribution in [-0.4, -0.2) is 94.3 Å². The Balaban J connectivity index is 1.09. The van der Waals surface area contributed by atoms with Gasteiger partial charge in [0, 0.05) is 38.4 Å². The number of anilines is 3. The molecule has 2 fully saturated rings. The number of carbonyl (C=O) groups is 3. The Morgan fingerprint density at radius 1 is 1.20 bits per heavy atom. The zero-order valence-electron chi connectivity index (χ0n) is 21.4. The van der Waals surface area contributed by atoms with E-state index < -0.39 is 35.0 Å². The SMILES string of the molecule is O=C1COc2ccc(N3CC(CNC4CN(c5nc6c(cc5F)c(=O)c(C(=O)O)cn6CCO)C4)OC3=O)nc2N1. The van der Waals surface area contributed by atoms with Crippen LogP contribution in [0.25, 0.3) is 11.0 Å². The molecule has 3 aromatic heterocycles. The highest BCUT2D eigenvalue weighted by molar-refractivity contribution is 5.95. The van der Waals surface area contributed by atoms with Crippen molar-refractivity contribution in [3.05, 3.63) is 46.0 Å². The number of rotatable bonds is 8. The van der Waals surface area contributed by atoms with E-state index in [1.165, 1.54) is 9.47 Å². The molecule has 1 unspecified atom stereocenters. The maximum absolute atomic E-state index is 15.0. The van der Waals surface area contributed by atoms with E-state index in [9.17, 15) is 33.8 Å². The van der Waals surface area contributed by atoms with Crippen molar-refractivity contribution in [2.45, 2.75) is 18.7 Å². The first-order valence-electron chi connectivity index (χ1n) is 12.7. The minimum Gasteiger partial charge on any atom is -0.480 e. The molecule has 6 rings (SSSR count). The number of aliphatic hydroxyl groups is 1. The summed E-state index contributed by atoms with van der Waals surface area (Å²) in [5, 5.41) is 24.4. The first kappa shape index (κ1) is 26.4. The van der Waals surface area contributed by atoms with Crippen LogP contribution < -0.4 is 30.6 Å². The van der Waals surface area contributed by atoms with Crippen LogP contribution in [0.3, 0.4) is 0 Å². The average Bonchev–Trinajstić information content (AvgIpc) is 3.29. The summed E-state index contributed by atoms with van der Waals surface area (Å²) in [7, 11) is 0. The smallest absolute Gasteiger partial charge is 0.416 e. The highest BCUT2D eigenvalue weighted by Gasteiger charge is 2.36. The molecule has 0 radical (unpaired) electrons. The molecule has 0 aromatic carbocycles. The summed E-state index contributed by atoms with van der Waals surface area (Å²) >= 11 is 0. The third-order valence-corrected chi connectivity index (χ3v) is 6.98. The number of aromatic nitrogens is 3.